The Kier molecular flexibility index (Phi) is 6.98. The molecular weight excluding hydrogens is 482 g/mol. The molecule has 2 aliphatic heterocycles. The first-order chi connectivity index (χ1) is 14.5. The molecule has 0 atom stereocenters. The first-order valence-electron chi connectivity index (χ1n) is 11.2. The monoisotopic (exact) mass is 515 g/mol. The summed E-state index contributed by atoms with van der Waals surface area (Å²) in [7, 11) is 0. The van der Waals surface area contributed by atoms with E-state index in [0.29, 0.717) is 12.4 Å². The van der Waals surface area contributed by atoms with Crippen molar-refractivity contribution in [3.05, 3.63) is 57.9 Å². The number of aromatic nitrogens is 1. The van der Waals surface area contributed by atoms with E-state index in [1.165, 1.54) is 16.0 Å². The Balaban J connectivity index is 0.00000289. The Bertz CT molecular complexity index is 1050. The fourth-order valence-electron chi connectivity index (χ4n) is 4.44. The van der Waals surface area contributed by atoms with Crippen molar-refractivity contribution in [2.24, 2.45) is 0 Å². The zero-order chi connectivity index (χ0) is 22.6. The summed E-state index contributed by atoms with van der Waals surface area (Å²) >= 11 is 1.93. The second-order valence-corrected chi connectivity index (χ2v) is 11.5. The number of rotatable bonds is 4. The summed E-state index contributed by atoms with van der Waals surface area (Å²) in [6.45, 7) is 14.1. The van der Waals surface area contributed by atoms with Crippen LogP contribution in [0.1, 0.15) is 86.4 Å². The number of benzene rings is 1. The average molecular weight is 517 g/mol. The Morgan fingerprint density at radius 2 is 1.97 bits per heavy atom. The molecule has 0 saturated heterocycles. The van der Waals surface area contributed by atoms with Crippen molar-refractivity contribution in [2.45, 2.75) is 76.7 Å². The number of halogens is 1. The highest BCUT2D eigenvalue weighted by Gasteiger charge is 2.34. The van der Waals surface area contributed by atoms with E-state index in [-0.39, 0.29) is 40.1 Å². The van der Waals surface area contributed by atoms with Gasteiger partial charge in [0.15, 0.2) is 5.78 Å². The van der Waals surface area contributed by atoms with Crippen LogP contribution in [0.25, 0.3) is 0 Å². The Morgan fingerprint density at radius 1 is 1.25 bits per heavy atom. The van der Waals surface area contributed by atoms with Crippen molar-refractivity contribution in [1.29, 1.82) is 5.41 Å². The molecule has 172 valence electrons. The zero-order valence-corrected chi connectivity index (χ0v) is 22.5. The number of thioether (sulfide) groups is 1. The van der Waals surface area contributed by atoms with E-state index in [1.807, 2.05) is 22.7 Å². The van der Waals surface area contributed by atoms with E-state index < -0.39 is 0 Å². The SMILES string of the molecule is Br.CCc1ccc2c(n1)C(=N)N(CC(=O)c1cc(C(C)(C)C)c3c(c1)C(C)(C)CCS3)C2. The molecular formula is C26H34BrN3OS. The summed E-state index contributed by atoms with van der Waals surface area (Å²) < 4.78 is 0. The van der Waals surface area contributed by atoms with Crippen LogP contribution in [0.5, 0.6) is 0 Å². The number of amidine groups is 1. The first-order valence-corrected chi connectivity index (χ1v) is 12.2. The van der Waals surface area contributed by atoms with Crippen LogP contribution in [-0.2, 0) is 23.8 Å². The number of hydrogen-bond acceptors (Lipinski definition) is 4. The van der Waals surface area contributed by atoms with Gasteiger partial charge in [0.05, 0.1) is 6.54 Å². The number of carbonyl (C=O) groups is 1. The molecule has 0 radical (unpaired) electrons. The van der Waals surface area contributed by atoms with Crippen LogP contribution in [0, 0.1) is 5.41 Å². The lowest BCUT2D eigenvalue weighted by atomic mass is 9.76. The van der Waals surface area contributed by atoms with Crippen molar-refractivity contribution < 1.29 is 4.79 Å². The maximum atomic E-state index is 13.4. The van der Waals surface area contributed by atoms with Gasteiger partial charge in [0.1, 0.15) is 11.5 Å². The van der Waals surface area contributed by atoms with Gasteiger partial charge < -0.3 is 4.90 Å². The number of fused-ring (bicyclic) bond motifs is 2. The Labute approximate surface area is 206 Å². The number of nitrogens with one attached hydrogen (secondary N) is 1. The maximum Gasteiger partial charge on any atom is 0.182 e. The molecule has 2 aliphatic rings. The molecule has 1 aromatic carbocycles. The predicted molar refractivity (Wildman–Crippen MR) is 139 cm³/mol. The van der Waals surface area contributed by atoms with E-state index in [4.69, 9.17) is 5.41 Å². The van der Waals surface area contributed by atoms with Crippen LogP contribution >= 0.6 is 28.7 Å². The molecule has 0 spiro atoms. The average Bonchev–Trinajstić information content (AvgIpc) is 3.01. The van der Waals surface area contributed by atoms with Crippen LogP contribution in [0.2, 0.25) is 0 Å². The normalized spacial score (nSPS) is 16.9. The summed E-state index contributed by atoms with van der Waals surface area (Å²) in [5.74, 6) is 1.56. The zero-order valence-electron chi connectivity index (χ0n) is 20.0. The molecule has 0 bridgehead atoms. The third kappa shape index (κ3) is 4.54. The van der Waals surface area contributed by atoms with E-state index in [2.05, 4.69) is 64.7 Å². The lowest BCUT2D eigenvalue weighted by Gasteiger charge is -2.36. The van der Waals surface area contributed by atoms with Crippen molar-refractivity contribution in [2.75, 3.05) is 12.3 Å². The van der Waals surface area contributed by atoms with E-state index in [0.717, 1.165) is 41.1 Å². The van der Waals surface area contributed by atoms with Crippen molar-refractivity contribution in [3.63, 3.8) is 0 Å². The van der Waals surface area contributed by atoms with Crippen LogP contribution < -0.4 is 0 Å². The highest BCUT2D eigenvalue weighted by Crippen LogP contribution is 2.46. The van der Waals surface area contributed by atoms with Crippen molar-refractivity contribution in [3.8, 4) is 0 Å². The van der Waals surface area contributed by atoms with E-state index in [1.54, 1.807) is 0 Å². The number of nitrogens with zero attached hydrogens (tertiary/aromatic N) is 2. The standard InChI is InChI=1S/C26H33N3OS.BrH/c1-7-18-9-8-16-14-29(24(27)22(16)28-18)15-21(30)17-12-19(25(2,3)4)23-20(13-17)26(5,6)10-11-31-23;/h8-9,12-13,27H,7,10-11,14-15H2,1-6H3;1H. The fraction of sp³-hybridized carbons (Fsp3) is 0.500. The predicted octanol–water partition coefficient (Wildman–Crippen LogP) is 6.32. The highest BCUT2D eigenvalue weighted by molar-refractivity contribution is 8.93. The summed E-state index contributed by atoms with van der Waals surface area (Å²) in [6.07, 6.45) is 1.96. The Hall–Kier alpha value is -1.66. The molecule has 0 saturated carbocycles. The number of carbonyl (C=O) groups excluding carboxylic acids is 1. The lowest BCUT2D eigenvalue weighted by Crippen LogP contribution is -2.31. The fourth-order valence-corrected chi connectivity index (χ4v) is 6.27. The first kappa shape index (κ1) is 25.0. The van der Waals surface area contributed by atoms with Crippen LogP contribution in [0.4, 0.5) is 0 Å². The molecule has 0 fully saturated rings. The molecule has 0 amide bonds. The van der Waals surface area contributed by atoms with Crippen LogP contribution in [-0.4, -0.2) is 33.8 Å². The van der Waals surface area contributed by atoms with E-state index in [9.17, 15) is 4.79 Å². The highest BCUT2D eigenvalue weighted by atomic mass is 79.9. The molecule has 0 aliphatic carbocycles. The van der Waals surface area contributed by atoms with Crippen LogP contribution in [0.15, 0.2) is 29.2 Å². The second kappa shape index (κ2) is 8.94. The maximum absolute atomic E-state index is 13.4. The van der Waals surface area contributed by atoms with Gasteiger partial charge in [0.25, 0.3) is 0 Å². The third-order valence-corrected chi connectivity index (χ3v) is 7.69. The molecule has 32 heavy (non-hydrogen) atoms. The van der Waals surface area contributed by atoms with Gasteiger partial charge in [-0.1, -0.05) is 47.6 Å². The lowest BCUT2D eigenvalue weighted by molar-refractivity contribution is 0.0962. The van der Waals surface area contributed by atoms with Gasteiger partial charge in [0, 0.05) is 28.3 Å². The van der Waals surface area contributed by atoms with Crippen LogP contribution in [0.3, 0.4) is 0 Å². The Morgan fingerprint density at radius 3 is 2.62 bits per heavy atom. The number of pyridine rings is 1. The van der Waals surface area contributed by atoms with Gasteiger partial charge in [0.2, 0.25) is 0 Å². The molecule has 4 rings (SSSR count). The van der Waals surface area contributed by atoms with Gasteiger partial charge in [-0.05, 0) is 58.8 Å². The van der Waals surface area contributed by atoms with Gasteiger partial charge in [-0.2, -0.15) is 0 Å². The van der Waals surface area contributed by atoms with Gasteiger partial charge in [-0.3, -0.25) is 10.2 Å². The smallest absolute Gasteiger partial charge is 0.182 e. The topological polar surface area (TPSA) is 57.1 Å². The van der Waals surface area contributed by atoms with Crippen molar-refractivity contribution in [1.82, 2.24) is 9.88 Å². The molecule has 6 heteroatoms. The van der Waals surface area contributed by atoms with E-state index >= 15 is 0 Å². The second-order valence-electron chi connectivity index (χ2n) is 10.4. The molecule has 2 aromatic rings. The molecule has 1 N–H and O–H groups in total. The summed E-state index contributed by atoms with van der Waals surface area (Å²) in [5, 5.41) is 8.58. The van der Waals surface area contributed by atoms with Crippen molar-refractivity contribution >= 4 is 40.4 Å². The third-order valence-electron chi connectivity index (χ3n) is 6.56. The van der Waals surface area contributed by atoms with Gasteiger partial charge in [-0.15, -0.1) is 28.7 Å². The number of aryl methyl sites for hydroxylation is 1. The van der Waals surface area contributed by atoms with Gasteiger partial charge in [-0.25, -0.2) is 4.98 Å². The summed E-state index contributed by atoms with van der Waals surface area (Å²) in [5.41, 5.74) is 6.12. The minimum atomic E-state index is -0.0299. The molecule has 0 unspecified atom stereocenters. The quantitative estimate of drug-likeness (QED) is 0.484. The number of ketones is 1. The largest absolute Gasteiger partial charge is 0.343 e. The molecule has 1 aromatic heterocycles. The summed E-state index contributed by atoms with van der Waals surface area (Å²) in [4.78, 5) is 21.3. The van der Waals surface area contributed by atoms with Gasteiger partial charge >= 0.3 is 0 Å². The molecule has 4 nitrogen and oxygen atoms in total. The minimum absolute atomic E-state index is 0. The molecule has 3 heterocycles. The number of hydrogen-bond donors (Lipinski definition) is 1. The minimum Gasteiger partial charge on any atom is -0.343 e. The number of Topliss-reactive ketones (excluding diaryl/α,β-unsaturated/α-hetero) is 1. The summed E-state index contributed by atoms with van der Waals surface area (Å²) in [6, 6.07) is 8.31.